The zero-order chi connectivity index (χ0) is 26.6. The largest absolute Gasteiger partial charge is 0.445 e. The number of fused-ring (bicyclic) bond motifs is 2. The summed E-state index contributed by atoms with van der Waals surface area (Å²) in [6.45, 7) is 4.43. The van der Waals surface area contributed by atoms with Crippen molar-refractivity contribution in [2.75, 3.05) is 18.9 Å². The molecule has 1 fully saturated rings. The van der Waals surface area contributed by atoms with E-state index in [1.807, 2.05) is 54.6 Å². The summed E-state index contributed by atoms with van der Waals surface area (Å²) in [5.74, 6) is -1.05. The smallest absolute Gasteiger partial charge is 0.410 e. The van der Waals surface area contributed by atoms with Crippen molar-refractivity contribution in [2.45, 2.75) is 57.6 Å². The molecule has 7 heteroatoms. The number of carbonyl (C=O) groups excluding carboxylic acids is 3. The fourth-order valence-corrected chi connectivity index (χ4v) is 5.76. The third-order valence-electron chi connectivity index (χ3n) is 7.88. The molecule has 1 aliphatic carbocycles. The number of carbonyl (C=O) groups is 3. The molecule has 194 valence electrons. The molecule has 1 N–H and O–H groups in total. The van der Waals surface area contributed by atoms with Crippen LogP contribution in [0.2, 0.25) is 0 Å². The number of ketones is 2. The average molecular weight is 502 g/mol. The molecule has 1 saturated carbocycles. The normalized spacial score (nSPS) is 23.2. The molecule has 2 aromatic carbocycles. The second kappa shape index (κ2) is 11.2. The average Bonchev–Trinajstić information content (AvgIpc) is 3.30. The number of hydrogen-bond acceptors (Lipinski definition) is 6. The van der Waals surface area contributed by atoms with Gasteiger partial charge in [0.25, 0.3) is 0 Å². The zero-order valence-corrected chi connectivity index (χ0v) is 21.8. The van der Waals surface area contributed by atoms with Gasteiger partial charge in [-0.1, -0.05) is 62.4 Å². The highest BCUT2D eigenvalue weighted by Crippen LogP contribution is 2.52. The van der Waals surface area contributed by atoms with Crippen molar-refractivity contribution in [1.82, 2.24) is 4.90 Å². The lowest BCUT2D eigenvalue weighted by molar-refractivity contribution is -0.128. The highest BCUT2D eigenvalue weighted by Gasteiger charge is 2.56. The number of nitrogens with one attached hydrogen (secondary N) is 1. The Morgan fingerprint density at radius 2 is 1.81 bits per heavy atom. The van der Waals surface area contributed by atoms with Crippen molar-refractivity contribution in [3.8, 4) is 6.07 Å². The van der Waals surface area contributed by atoms with Gasteiger partial charge < -0.3 is 15.0 Å². The Balaban J connectivity index is 1.58. The second-order valence-electron chi connectivity index (χ2n) is 10.7. The number of nitrogens with zero attached hydrogens (tertiary/aromatic N) is 2. The van der Waals surface area contributed by atoms with Crippen LogP contribution in [0.4, 0.5) is 10.5 Å². The molecule has 0 aromatic heterocycles. The van der Waals surface area contributed by atoms with E-state index in [9.17, 15) is 19.6 Å². The van der Waals surface area contributed by atoms with E-state index in [1.54, 1.807) is 7.05 Å². The van der Waals surface area contributed by atoms with E-state index in [0.717, 1.165) is 23.2 Å². The monoisotopic (exact) mass is 501 g/mol. The number of Topliss-reactive ketones (excluding diaryl/α,β-unsaturated/α-hetero) is 2. The molecule has 1 spiro atoms. The van der Waals surface area contributed by atoms with E-state index in [0.29, 0.717) is 18.8 Å². The minimum atomic E-state index is -0.864. The molecule has 4 atom stereocenters. The Morgan fingerprint density at radius 1 is 1.11 bits per heavy atom. The van der Waals surface area contributed by atoms with E-state index in [4.69, 9.17) is 4.74 Å². The van der Waals surface area contributed by atoms with Crippen LogP contribution in [0, 0.1) is 29.1 Å². The molecular formula is C30H35N3O4. The lowest BCUT2D eigenvalue weighted by Gasteiger charge is -2.35. The molecule has 4 rings (SSSR count). The first-order valence-electron chi connectivity index (χ1n) is 13.0. The van der Waals surface area contributed by atoms with Crippen molar-refractivity contribution >= 4 is 23.3 Å². The molecule has 2 aromatic rings. The van der Waals surface area contributed by atoms with Gasteiger partial charge in [0, 0.05) is 18.7 Å². The number of nitriles is 1. The Hall–Kier alpha value is -3.66. The van der Waals surface area contributed by atoms with Crippen LogP contribution in [-0.2, 0) is 26.3 Å². The van der Waals surface area contributed by atoms with Gasteiger partial charge in [-0.15, -0.1) is 0 Å². The molecule has 1 aliphatic heterocycles. The molecular weight excluding hydrogens is 466 g/mol. The fraction of sp³-hybridized carbons (Fsp3) is 0.467. The first kappa shape index (κ1) is 26.4. The minimum Gasteiger partial charge on any atom is -0.445 e. The number of benzene rings is 2. The van der Waals surface area contributed by atoms with Gasteiger partial charge in [0.2, 0.25) is 0 Å². The number of likely N-dealkylation sites (N-methyl/N-ethyl adjacent to an activating group) is 1. The Labute approximate surface area is 218 Å². The maximum absolute atomic E-state index is 14.1. The lowest BCUT2D eigenvalue weighted by atomic mass is 9.71. The minimum absolute atomic E-state index is 0.0103. The third-order valence-corrected chi connectivity index (χ3v) is 7.88. The van der Waals surface area contributed by atoms with Crippen LogP contribution in [0.3, 0.4) is 0 Å². The summed E-state index contributed by atoms with van der Waals surface area (Å²) >= 11 is 0. The quantitative estimate of drug-likeness (QED) is 0.540. The van der Waals surface area contributed by atoms with Crippen molar-refractivity contribution in [3.63, 3.8) is 0 Å². The predicted octanol–water partition coefficient (Wildman–Crippen LogP) is 5.11. The van der Waals surface area contributed by atoms with Gasteiger partial charge in [-0.25, -0.2) is 4.79 Å². The summed E-state index contributed by atoms with van der Waals surface area (Å²) in [7, 11) is 1.59. The van der Waals surface area contributed by atoms with Gasteiger partial charge in [-0.3, -0.25) is 9.59 Å². The fourth-order valence-electron chi connectivity index (χ4n) is 5.76. The number of para-hydroxylation sites is 1. The van der Waals surface area contributed by atoms with Gasteiger partial charge in [0.15, 0.2) is 11.6 Å². The summed E-state index contributed by atoms with van der Waals surface area (Å²) in [6, 6.07) is 18.6. The number of hydrogen-bond donors (Lipinski definition) is 1. The van der Waals surface area contributed by atoms with Gasteiger partial charge in [0.1, 0.15) is 6.61 Å². The van der Waals surface area contributed by atoms with Crippen LogP contribution in [0.15, 0.2) is 54.6 Å². The predicted molar refractivity (Wildman–Crippen MR) is 141 cm³/mol. The summed E-state index contributed by atoms with van der Waals surface area (Å²) in [4.78, 5) is 41.7. The molecule has 37 heavy (non-hydrogen) atoms. The summed E-state index contributed by atoms with van der Waals surface area (Å²) < 4.78 is 5.52. The highest BCUT2D eigenvalue weighted by molar-refractivity contribution is 6.00. The number of anilines is 1. The van der Waals surface area contributed by atoms with Gasteiger partial charge in [-0.05, 0) is 48.8 Å². The zero-order valence-electron chi connectivity index (χ0n) is 21.8. The van der Waals surface area contributed by atoms with E-state index >= 15 is 0 Å². The van der Waals surface area contributed by atoms with Crippen molar-refractivity contribution < 1.29 is 19.1 Å². The van der Waals surface area contributed by atoms with Gasteiger partial charge in [-0.2, -0.15) is 5.26 Å². The Morgan fingerprint density at radius 3 is 2.51 bits per heavy atom. The third kappa shape index (κ3) is 5.39. The molecule has 2 aliphatic rings. The first-order valence-corrected chi connectivity index (χ1v) is 13.0. The highest BCUT2D eigenvalue weighted by atomic mass is 16.6. The molecule has 1 amide bonds. The van der Waals surface area contributed by atoms with E-state index in [1.165, 1.54) is 4.90 Å². The van der Waals surface area contributed by atoms with Crippen LogP contribution in [0.25, 0.3) is 0 Å². The topological polar surface area (TPSA) is 99.5 Å². The van der Waals surface area contributed by atoms with Gasteiger partial charge >= 0.3 is 6.09 Å². The molecule has 1 unspecified atom stereocenters. The van der Waals surface area contributed by atoms with Crippen LogP contribution < -0.4 is 5.32 Å². The Kier molecular flexibility index (Phi) is 7.97. The summed E-state index contributed by atoms with van der Waals surface area (Å²) in [5, 5.41) is 13.2. The maximum Gasteiger partial charge on any atom is 0.410 e. The van der Waals surface area contributed by atoms with Crippen molar-refractivity contribution in [2.24, 2.45) is 17.8 Å². The second-order valence-corrected chi connectivity index (χ2v) is 10.7. The number of ether oxygens (including phenoxy) is 1. The van der Waals surface area contributed by atoms with Gasteiger partial charge in [0.05, 0.1) is 30.0 Å². The molecule has 1 heterocycles. The molecule has 7 nitrogen and oxygen atoms in total. The first-order chi connectivity index (χ1) is 17.8. The summed E-state index contributed by atoms with van der Waals surface area (Å²) in [5.41, 5.74) is 1.73. The van der Waals surface area contributed by atoms with Crippen molar-refractivity contribution in [3.05, 3.63) is 65.7 Å². The van der Waals surface area contributed by atoms with Crippen LogP contribution in [0.5, 0.6) is 0 Å². The van der Waals surface area contributed by atoms with Crippen LogP contribution in [0.1, 0.15) is 50.7 Å². The van der Waals surface area contributed by atoms with Crippen LogP contribution in [-0.4, -0.2) is 42.2 Å². The van der Waals surface area contributed by atoms with E-state index in [2.05, 4.69) is 25.2 Å². The number of rotatable bonds is 8. The Bertz CT molecular complexity index is 1190. The molecule has 0 bridgehead atoms. The standard InChI is InChI=1S/C30H35N3O4/c1-20(2)13-14-26(33(3)29(36)37-19-21-9-5-4-6-10-21)28(35)23-16-30(15-22(23)17-31)24-11-7-8-12-25(24)32-18-27(30)34/h4-12,20,22-23,26,32H,13-16,18-19H2,1-3H3/t22-,23?,26-,30-/m0/s1. The lowest BCUT2D eigenvalue weighted by Crippen LogP contribution is -2.46. The van der Waals surface area contributed by atoms with Crippen molar-refractivity contribution in [1.29, 1.82) is 5.26 Å². The maximum atomic E-state index is 14.1. The molecule has 0 saturated heterocycles. The summed E-state index contributed by atoms with van der Waals surface area (Å²) in [6.07, 6.45) is 1.24. The SMILES string of the molecule is CC(C)CC[C@@H](C(=O)C1C[C@]2(C[C@H]1C#N)C(=O)CNc1ccccc12)N(C)C(=O)OCc1ccccc1. The van der Waals surface area contributed by atoms with E-state index < -0.39 is 29.4 Å². The van der Waals surface area contributed by atoms with Crippen LogP contribution >= 0.6 is 0 Å². The van der Waals surface area contributed by atoms with E-state index in [-0.39, 0.29) is 31.1 Å². The molecule has 0 radical (unpaired) electrons. The number of amides is 1.